The number of aliphatic hydroxyl groups is 1. The van der Waals surface area contributed by atoms with Gasteiger partial charge in [-0.05, 0) is 81.8 Å². The van der Waals surface area contributed by atoms with Gasteiger partial charge < -0.3 is 39.8 Å². The molecule has 0 spiro atoms. The summed E-state index contributed by atoms with van der Waals surface area (Å²) in [5, 5.41) is 17.7. The van der Waals surface area contributed by atoms with Crippen molar-refractivity contribution in [2.75, 3.05) is 56.8 Å². The molecule has 2 saturated heterocycles. The van der Waals surface area contributed by atoms with Crippen LogP contribution in [0.1, 0.15) is 68.4 Å². The molecule has 1 aromatic heterocycles. The maximum atomic E-state index is 13.6. The first-order valence-electron chi connectivity index (χ1n) is 16.4. The van der Waals surface area contributed by atoms with Gasteiger partial charge in [-0.2, -0.15) is 0 Å². The fourth-order valence-corrected chi connectivity index (χ4v) is 6.14. The number of methoxy groups -OCH3 is 1. The quantitative estimate of drug-likeness (QED) is 0.327. The lowest BCUT2D eigenvalue weighted by Crippen LogP contribution is -2.56. The second kappa shape index (κ2) is 14.8. The summed E-state index contributed by atoms with van der Waals surface area (Å²) in [5.74, 6) is 1.58. The Labute approximate surface area is 276 Å². The van der Waals surface area contributed by atoms with Crippen molar-refractivity contribution in [1.82, 2.24) is 20.1 Å². The highest BCUT2D eigenvalue weighted by Crippen LogP contribution is 2.30. The van der Waals surface area contributed by atoms with E-state index in [0.29, 0.717) is 36.6 Å². The highest BCUT2D eigenvalue weighted by Gasteiger charge is 2.37. The molecule has 2 atom stereocenters. The Morgan fingerprint density at radius 2 is 1.81 bits per heavy atom. The SMILES string of the molecule is COCOc1ccc2c(c1)CN(C(=O)OC(C)(C)C)[C@H]([C@H](O)CNC(=O)c1cc(NC3CN(C(C)=O)C3)nc(N3CCCCC3)c1)C2. The Bertz CT molecular complexity index is 1430. The van der Waals surface area contributed by atoms with Crippen LogP contribution in [0.15, 0.2) is 30.3 Å². The Morgan fingerprint density at radius 3 is 2.49 bits per heavy atom. The average molecular weight is 653 g/mol. The van der Waals surface area contributed by atoms with E-state index in [0.717, 1.165) is 49.3 Å². The number of benzene rings is 1. The largest absolute Gasteiger partial charge is 0.468 e. The van der Waals surface area contributed by atoms with Crippen molar-refractivity contribution in [3.05, 3.63) is 47.0 Å². The topological polar surface area (TPSA) is 146 Å². The van der Waals surface area contributed by atoms with E-state index in [9.17, 15) is 19.5 Å². The zero-order valence-corrected chi connectivity index (χ0v) is 28.1. The lowest BCUT2D eigenvalue weighted by atomic mass is 9.91. The van der Waals surface area contributed by atoms with Gasteiger partial charge >= 0.3 is 6.09 Å². The summed E-state index contributed by atoms with van der Waals surface area (Å²) < 4.78 is 16.3. The zero-order chi connectivity index (χ0) is 33.7. The van der Waals surface area contributed by atoms with Crippen LogP contribution in [0.4, 0.5) is 16.4 Å². The van der Waals surface area contributed by atoms with E-state index in [1.807, 2.05) is 18.2 Å². The van der Waals surface area contributed by atoms with Crippen molar-refractivity contribution in [2.45, 2.75) is 83.7 Å². The molecule has 0 unspecified atom stereocenters. The van der Waals surface area contributed by atoms with Crippen LogP contribution in [0.3, 0.4) is 0 Å². The summed E-state index contributed by atoms with van der Waals surface area (Å²) >= 11 is 0. The fourth-order valence-electron chi connectivity index (χ4n) is 6.14. The number of likely N-dealkylation sites (tertiary alicyclic amines) is 1. The Morgan fingerprint density at radius 1 is 1.06 bits per heavy atom. The van der Waals surface area contributed by atoms with Crippen LogP contribution in [0.5, 0.6) is 5.75 Å². The number of hydrogen-bond acceptors (Lipinski definition) is 10. The summed E-state index contributed by atoms with van der Waals surface area (Å²) in [6, 6.07) is 8.54. The maximum Gasteiger partial charge on any atom is 0.410 e. The molecule has 3 amide bonds. The third-order valence-corrected chi connectivity index (χ3v) is 8.67. The van der Waals surface area contributed by atoms with E-state index in [2.05, 4.69) is 15.5 Å². The van der Waals surface area contributed by atoms with Gasteiger partial charge in [0.2, 0.25) is 5.91 Å². The number of hydrogen-bond donors (Lipinski definition) is 3. The van der Waals surface area contributed by atoms with Gasteiger partial charge in [-0.3, -0.25) is 14.5 Å². The number of anilines is 2. The average Bonchev–Trinajstić information content (AvgIpc) is 3.02. The Hall–Kier alpha value is -4.10. The summed E-state index contributed by atoms with van der Waals surface area (Å²) in [4.78, 5) is 48.9. The van der Waals surface area contributed by atoms with Crippen LogP contribution in [0.2, 0.25) is 0 Å². The molecule has 0 aliphatic carbocycles. The van der Waals surface area contributed by atoms with Crippen molar-refractivity contribution >= 4 is 29.5 Å². The number of aliphatic hydroxyl groups excluding tert-OH is 1. The molecule has 3 aliphatic heterocycles. The smallest absolute Gasteiger partial charge is 0.410 e. The second-order valence-electron chi connectivity index (χ2n) is 13.6. The highest BCUT2D eigenvalue weighted by atomic mass is 16.7. The molecule has 2 fully saturated rings. The number of fused-ring (bicyclic) bond motifs is 1. The van der Waals surface area contributed by atoms with Crippen molar-refractivity contribution < 1.29 is 33.7 Å². The number of nitrogens with one attached hydrogen (secondary N) is 2. The summed E-state index contributed by atoms with van der Waals surface area (Å²) in [6.07, 6.45) is 2.04. The van der Waals surface area contributed by atoms with Gasteiger partial charge in [0, 0.05) is 58.9 Å². The molecule has 0 radical (unpaired) electrons. The molecule has 3 N–H and O–H groups in total. The molecule has 13 heteroatoms. The number of amides is 3. The number of carbonyl (C=O) groups is 3. The monoisotopic (exact) mass is 652 g/mol. The lowest BCUT2D eigenvalue weighted by molar-refractivity contribution is -0.132. The molecule has 2 aromatic rings. The van der Waals surface area contributed by atoms with E-state index < -0.39 is 23.8 Å². The Balaban J connectivity index is 1.31. The zero-order valence-electron chi connectivity index (χ0n) is 28.1. The number of rotatable bonds is 10. The van der Waals surface area contributed by atoms with Gasteiger partial charge in [0.15, 0.2) is 6.79 Å². The van der Waals surface area contributed by atoms with Gasteiger partial charge in [0.25, 0.3) is 5.91 Å². The normalized spacial score (nSPS) is 18.9. The number of pyridine rings is 1. The molecule has 1 aromatic carbocycles. The predicted molar refractivity (Wildman–Crippen MR) is 177 cm³/mol. The van der Waals surface area contributed by atoms with Crippen LogP contribution >= 0.6 is 0 Å². The molecule has 3 aliphatic rings. The minimum absolute atomic E-state index is 0.0317. The van der Waals surface area contributed by atoms with Crippen LogP contribution in [-0.2, 0) is 27.2 Å². The molecule has 13 nitrogen and oxygen atoms in total. The van der Waals surface area contributed by atoms with E-state index in [1.54, 1.807) is 51.8 Å². The number of piperidine rings is 1. The minimum atomic E-state index is -1.07. The van der Waals surface area contributed by atoms with Gasteiger partial charge in [-0.1, -0.05) is 6.07 Å². The van der Waals surface area contributed by atoms with Crippen molar-refractivity contribution in [3.8, 4) is 5.75 Å². The standard InChI is InChI=1S/C34H48N6O7/c1-22(41)39-19-26(20-39)36-30-15-24(16-31(37-30)38-11-7-6-8-12-38)32(43)35-17-29(42)28-14-23-9-10-27(46-21-45-5)13-25(23)18-40(28)33(44)47-34(2,3)4/h9-10,13,15-16,26,28-29,42H,6-8,11-12,14,17-21H2,1-5H3,(H,35,43)(H,36,37)/t28-,29+/m0/s1. The van der Waals surface area contributed by atoms with Crippen LogP contribution in [-0.4, -0.2) is 108 Å². The molecular weight excluding hydrogens is 604 g/mol. The summed E-state index contributed by atoms with van der Waals surface area (Å²) in [7, 11) is 1.55. The predicted octanol–water partition coefficient (Wildman–Crippen LogP) is 3.15. The molecule has 4 heterocycles. The van der Waals surface area contributed by atoms with E-state index in [4.69, 9.17) is 19.2 Å². The first-order valence-corrected chi connectivity index (χ1v) is 16.4. The van der Waals surface area contributed by atoms with Gasteiger partial charge in [0.05, 0.1) is 18.2 Å². The van der Waals surface area contributed by atoms with Crippen molar-refractivity contribution in [2.24, 2.45) is 0 Å². The van der Waals surface area contributed by atoms with Gasteiger partial charge in [-0.15, -0.1) is 0 Å². The minimum Gasteiger partial charge on any atom is -0.468 e. The first-order chi connectivity index (χ1) is 22.4. The molecule has 256 valence electrons. The van der Waals surface area contributed by atoms with E-state index >= 15 is 0 Å². The van der Waals surface area contributed by atoms with E-state index in [1.165, 1.54) is 4.90 Å². The molecule has 47 heavy (non-hydrogen) atoms. The molecule has 0 bridgehead atoms. The third kappa shape index (κ3) is 8.83. The third-order valence-electron chi connectivity index (χ3n) is 8.67. The molecular formula is C34H48N6O7. The van der Waals surface area contributed by atoms with Crippen LogP contribution in [0.25, 0.3) is 0 Å². The highest BCUT2D eigenvalue weighted by molar-refractivity contribution is 5.95. The van der Waals surface area contributed by atoms with Crippen molar-refractivity contribution in [3.63, 3.8) is 0 Å². The van der Waals surface area contributed by atoms with Crippen molar-refractivity contribution in [1.29, 1.82) is 0 Å². The number of carbonyl (C=O) groups excluding carboxylic acids is 3. The Kier molecular flexibility index (Phi) is 10.8. The second-order valence-corrected chi connectivity index (χ2v) is 13.6. The number of aromatic nitrogens is 1. The number of nitrogens with zero attached hydrogens (tertiary/aromatic N) is 4. The lowest BCUT2D eigenvalue weighted by Gasteiger charge is -2.40. The summed E-state index contributed by atoms with van der Waals surface area (Å²) in [5.41, 5.74) is 1.55. The molecule has 5 rings (SSSR count). The fraction of sp³-hybridized carbons (Fsp3) is 0.588. The van der Waals surface area contributed by atoms with Gasteiger partial charge in [0.1, 0.15) is 23.0 Å². The van der Waals surface area contributed by atoms with E-state index in [-0.39, 0.29) is 37.7 Å². The van der Waals surface area contributed by atoms with Crippen LogP contribution < -0.4 is 20.3 Å². The summed E-state index contributed by atoms with van der Waals surface area (Å²) in [6.45, 7) is 10.1. The van der Waals surface area contributed by atoms with Crippen LogP contribution in [0, 0.1) is 0 Å². The van der Waals surface area contributed by atoms with Gasteiger partial charge in [-0.25, -0.2) is 9.78 Å². The first kappa shape index (κ1) is 34.2. The molecule has 0 saturated carbocycles. The maximum absolute atomic E-state index is 13.6. The number of ether oxygens (including phenoxy) is 3.